The van der Waals surface area contributed by atoms with Gasteiger partial charge in [-0.1, -0.05) is 0 Å². The van der Waals surface area contributed by atoms with Gasteiger partial charge in [0.2, 0.25) is 11.8 Å². The van der Waals surface area contributed by atoms with Crippen molar-refractivity contribution in [2.75, 3.05) is 14.1 Å². The molecule has 66 valence electrons. The molecule has 0 aromatic carbocycles. The van der Waals surface area contributed by atoms with E-state index in [1.807, 2.05) is 30.8 Å². The molecule has 0 saturated carbocycles. The molecule has 0 unspecified atom stereocenters. The molecule has 1 heterocycles. The third-order valence-corrected chi connectivity index (χ3v) is 1.47. The summed E-state index contributed by atoms with van der Waals surface area (Å²) in [6, 6.07) is 3.77. The van der Waals surface area contributed by atoms with Gasteiger partial charge in [0.15, 0.2) is 0 Å². The van der Waals surface area contributed by atoms with Crippen molar-refractivity contribution >= 4 is 6.41 Å². The molecule has 1 aromatic rings. The van der Waals surface area contributed by atoms with Crippen molar-refractivity contribution in [2.45, 2.75) is 0 Å². The summed E-state index contributed by atoms with van der Waals surface area (Å²) in [6.07, 6.45) is 4.21. The number of aromatic nitrogens is 1. The van der Waals surface area contributed by atoms with Gasteiger partial charge in [-0.25, -0.2) is 4.58 Å². The van der Waals surface area contributed by atoms with Crippen LogP contribution in [0.5, 0.6) is 0 Å². The maximum Gasteiger partial charge on any atom is 0.217 e. The van der Waals surface area contributed by atoms with Gasteiger partial charge in [-0.15, -0.1) is 0 Å². The van der Waals surface area contributed by atoms with E-state index in [9.17, 15) is 4.79 Å². The van der Waals surface area contributed by atoms with Crippen LogP contribution in [0.25, 0.3) is 0 Å². The van der Waals surface area contributed by atoms with Gasteiger partial charge < -0.3 is 17.0 Å². The van der Waals surface area contributed by atoms with Gasteiger partial charge in [0, 0.05) is 24.5 Å². The second-order valence-corrected chi connectivity index (χ2v) is 2.50. The van der Waals surface area contributed by atoms with Gasteiger partial charge >= 0.3 is 0 Å². The van der Waals surface area contributed by atoms with Gasteiger partial charge in [0.05, 0.1) is 0 Å². The lowest BCUT2D eigenvalue weighted by Crippen LogP contribution is -3.00. The summed E-state index contributed by atoms with van der Waals surface area (Å²) >= 11 is 0. The molecule has 3 nitrogen and oxygen atoms in total. The topological polar surface area (TPSA) is 25.0 Å². The van der Waals surface area contributed by atoms with Crippen LogP contribution in [0.15, 0.2) is 24.5 Å². The Bertz CT molecular complexity index is 306. The van der Waals surface area contributed by atoms with E-state index in [4.69, 9.17) is 0 Å². The molecule has 0 bridgehead atoms. The van der Waals surface area contributed by atoms with Gasteiger partial charge in [-0.2, -0.15) is 0 Å². The average molecular weight is 231 g/mol. The van der Waals surface area contributed by atoms with Crippen LogP contribution in [-0.2, 0) is 4.79 Å². The Morgan fingerprint density at radius 1 is 1.33 bits per heavy atom. The van der Waals surface area contributed by atoms with Crippen LogP contribution in [0.4, 0.5) is 0 Å². The molecule has 1 aromatic heterocycles. The zero-order chi connectivity index (χ0) is 8.27. The number of hydrogen-bond donors (Lipinski definition) is 0. The number of nitrogens with zero attached hydrogens (tertiary/aromatic N) is 2. The summed E-state index contributed by atoms with van der Waals surface area (Å²) in [5.74, 6) is 0. The minimum absolute atomic E-state index is 0. The molecular weight excluding hydrogens is 220 g/mol. The molecule has 0 spiro atoms. The number of carbonyl (C=O) groups excluding carboxylic acids is 1. The molecular formula is C8H11BrN2O. The van der Waals surface area contributed by atoms with E-state index in [1.165, 1.54) is 4.57 Å². The van der Waals surface area contributed by atoms with Gasteiger partial charge in [0.25, 0.3) is 0 Å². The van der Waals surface area contributed by atoms with Gasteiger partial charge in [-0.05, 0) is 0 Å². The highest BCUT2D eigenvalue weighted by atomic mass is 79.9. The summed E-state index contributed by atoms with van der Waals surface area (Å²) in [4.78, 5) is 10.2. The molecule has 0 N–H and O–H groups in total. The van der Waals surface area contributed by atoms with Crippen LogP contribution in [0, 0.1) is 0 Å². The Kier molecular flexibility index (Phi) is 4.51. The Morgan fingerprint density at radius 3 is 2.17 bits per heavy atom. The highest BCUT2D eigenvalue weighted by Crippen LogP contribution is 1.75. The fourth-order valence-corrected chi connectivity index (χ4v) is 0.799. The van der Waals surface area contributed by atoms with Crippen LogP contribution >= 0.6 is 0 Å². The summed E-state index contributed by atoms with van der Waals surface area (Å²) in [6.45, 7) is 0. The summed E-state index contributed by atoms with van der Waals surface area (Å²) in [5, 5.41) is 1.09. The smallest absolute Gasteiger partial charge is 0.217 e. The van der Waals surface area contributed by atoms with Crippen LogP contribution < -0.4 is 26.9 Å². The summed E-state index contributed by atoms with van der Waals surface area (Å²) in [7, 11) is 3.92. The SMILES string of the molecule is C[N+](C)=c1ccn(C=O)cc1.[Br-]. The number of hydrogen-bond acceptors (Lipinski definition) is 1. The lowest BCUT2D eigenvalue weighted by Gasteiger charge is -1.91. The van der Waals surface area contributed by atoms with Crippen molar-refractivity contribution in [3.63, 3.8) is 0 Å². The fourth-order valence-electron chi connectivity index (χ4n) is 0.799. The monoisotopic (exact) mass is 230 g/mol. The van der Waals surface area contributed by atoms with E-state index in [-0.39, 0.29) is 17.0 Å². The van der Waals surface area contributed by atoms with E-state index in [0.29, 0.717) is 0 Å². The number of halogens is 1. The third kappa shape index (κ3) is 2.62. The summed E-state index contributed by atoms with van der Waals surface area (Å²) < 4.78 is 3.45. The Morgan fingerprint density at radius 2 is 1.83 bits per heavy atom. The second-order valence-electron chi connectivity index (χ2n) is 2.50. The first-order chi connectivity index (χ1) is 5.24. The van der Waals surface area contributed by atoms with Crippen LogP contribution in [0.3, 0.4) is 0 Å². The predicted molar refractivity (Wildman–Crippen MR) is 43.7 cm³/mol. The molecule has 0 aliphatic heterocycles. The number of rotatable bonds is 1. The van der Waals surface area contributed by atoms with Crippen molar-refractivity contribution in [3.05, 3.63) is 29.9 Å². The zero-order valence-electron chi connectivity index (χ0n) is 7.07. The van der Waals surface area contributed by atoms with Gasteiger partial charge in [-0.3, -0.25) is 9.36 Å². The quantitative estimate of drug-likeness (QED) is 0.364. The molecule has 12 heavy (non-hydrogen) atoms. The molecule has 0 radical (unpaired) electrons. The molecule has 0 saturated heterocycles. The molecule has 0 aliphatic rings. The van der Waals surface area contributed by atoms with Crippen molar-refractivity contribution in [3.8, 4) is 0 Å². The van der Waals surface area contributed by atoms with Crippen molar-refractivity contribution in [2.24, 2.45) is 0 Å². The second kappa shape index (κ2) is 4.87. The maximum absolute atomic E-state index is 10.2. The van der Waals surface area contributed by atoms with E-state index < -0.39 is 0 Å². The molecule has 1 rings (SSSR count). The average Bonchev–Trinajstić information content (AvgIpc) is 2.05. The van der Waals surface area contributed by atoms with Crippen molar-refractivity contribution < 1.29 is 21.8 Å². The largest absolute Gasteiger partial charge is 1.00 e. The standard InChI is InChI=1S/C8H11N2O.BrH/c1-9(2)8-3-5-10(7-11)6-4-8;/h3-7H,1-2H3;1H/q+1;/p-1. The molecule has 0 aliphatic carbocycles. The van der Waals surface area contributed by atoms with Crippen LogP contribution in [-0.4, -0.2) is 25.1 Å². The van der Waals surface area contributed by atoms with Crippen molar-refractivity contribution in [1.29, 1.82) is 0 Å². The zero-order valence-corrected chi connectivity index (χ0v) is 8.65. The van der Waals surface area contributed by atoms with Crippen LogP contribution in [0.1, 0.15) is 0 Å². The molecule has 4 heteroatoms. The minimum Gasteiger partial charge on any atom is -1.00 e. The number of carbonyl (C=O) groups is 1. The van der Waals surface area contributed by atoms with E-state index in [0.717, 1.165) is 11.8 Å². The Balaban J connectivity index is 0.00000121. The Labute approximate surface area is 81.7 Å². The van der Waals surface area contributed by atoms with Gasteiger partial charge in [0.1, 0.15) is 14.1 Å². The van der Waals surface area contributed by atoms with E-state index >= 15 is 0 Å². The first kappa shape index (κ1) is 11.1. The Hall–Kier alpha value is -0.900. The minimum atomic E-state index is 0. The highest BCUT2D eigenvalue weighted by molar-refractivity contribution is 5.51. The third-order valence-electron chi connectivity index (χ3n) is 1.47. The lowest BCUT2D eigenvalue weighted by molar-refractivity contribution is -0.00000351. The molecule has 0 atom stereocenters. The fraction of sp³-hybridized carbons (Fsp3) is 0.250. The van der Waals surface area contributed by atoms with Crippen molar-refractivity contribution in [1.82, 2.24) is 9.14 Å². The predicted octanol–water partition coefficient (Wildman–Crippen LogP) is -3.44. The lowest BCUT2D eigenvalue weighted by atomic mass is 10.4. The normalized spacial score (nSPS) is 8.50. The summed E-state index contributed by atoms with van der Waals surface area (Å²) in [5.41, 5.74) is 0. The first-order valence-corrected chi connectivity index (χ1v) is 3.37. The maximum atomic E-state index is 10.2. The van der Waals surface area contributed by atoms with E-state index in [1.54, 1.807) is 12.4 Å². The highest BCUT2D eigenvalue weighted by Gasteiger charge is 1.88. The van der Waals surface area contributed by atoms with Crippen LogP contribution in [0.2, 0.25) is 0 Å². The molecule has 0 amide bonds. The van der Waals surface area contributed by atoms with E-state index in [2.05, 4.69) is 0 Å². The first-order valence-electron chi connectivity index (χ1n) is 3.37. The number of pyridine rings is 1. The molecule has 0 fully saturated rings.